The summed E-state index contributed by atoms with van der Waals surface area (Å²) >= 11 is 7.57. The number of likely N-dealkylation sites (N-methyl/N-ethyl adjacent to an activating group) is 1. The molecule has 0 spiro atoms. The van der Waals surface area contributed by atoms with Gasteiger partial charge in [-0.25, -0.2) is 4.68 Å². The number of hydrogen-bond donors (Lipinski definition) is 0. The molecular weight excluding hydrogens is 342 g/mol. The third-order valence-corrected chi connectivity index (χ3v) is 5.61. The summed E-state index contributed by atoms with van der Waals surface area (Å²) in [6, 6.07) is 7.78. The molecule has 130 valence electrons. The van der Waals surface area contributed by atoms with Crippen molar-refractivity contribution in [1.82, 2.24) is 19.6 Å². The van der Waals surface area contributed by atoms with E-state index in [2.05, 4.69) is 21.9 Å². The van der Waals surface area contributed by atoms with E-state index in [4.69, 9.17) is 16.6 Å². The minimum atomic E-state index is 0.744. The maximum Gasteiger partial charge on any atom is 0.203 e. The molecule has 0 bridgehead atoms. The lowest BCUT2D eigenvalue weighted by atomic mass is 10.2. The molecule has 0 aliphatic carbocycles. The first-order valence-corrected chi connectivity index (χ1v) is 9.53. The van der Waals surface area contributed by atoms with Gasteiger partial charge in [0.15, 0.2) is 0 Å². The second kappa shape index (κ2) is 8.25. The third-order valence-electron chi connectivity index (χ3n) is 4.27. The van der Waals surface area contributed by atoms with E-state index in [0.29, 0.717) is 0 Å². The van der Waals surface area contributed by atoms with Crippen LogP contribution in [0.15, 0.2) is 29.3 Å². The Hall–Kier alpha value is -1.21. The minimum Gasteiger partial charge on any atom is -0.304 e. The highest BCUT2D eigenvalue weighted by Crippen LogP contribution is 2.21. The van der Waals surface area contributed by atoms with Crippen LogP contribution in [0.4, 0.5) is 0 Å². The van der Waals surface area contributed by atoms with E-state index in [0.717, 1.165) is 39.9 Å². The van der Waals surface area contributed by atoms with E-state index in [9.17, 15) is 0 Å². The fraction of sp³-hybridized carbons (Fsp3) is 0.529. The van der Waals surface area contributed by atoms with Crippen LogP contribution < -0.4 is 4.80 Å². The third kappa shape index (κ3) is 4.66. The van der Waals surface area contributed by atoms with Crippen LogP contribution in [0.1, 0.15) is 6.42 Å². The lowest BCUT2D eigenvalue weighted by Gasteiger charge is -2.32. The Balaban J connectivity index is 1.56. The fourth-order valence-electron chi connectivity index (χ4n) is 2.74. The van der Waals surface area contributed by atoms with Crippen LogP contribution in [-0.2, 0) is 7.05 Å². The highest BCUT2D eigenvalue weighted by Gasteiger charge is 2.12. The number of rotatable bonds is 5. The van der Waals surface area contributed by atoms with Gasteiger partial charge in [0.05, 0.1) is 0 Å². The normalized spacial score (nSPS) is 17.5. The van der Waals surface area contributed by atoms with Gasteiger partial charge in [-0.05, 0) is 25.6 Å². The first-order chi connectivity index (χ1) is 11.6. The summed E-state index contributed by atoms with van der Waals surface area (Å²) in [4.78, 5) is 10.6. The maximum absolute atomic E-state index is 5.94. The van der Waals surface area contributed by atoms with Crippen LogP contribution in [0, 0.1) is 0 Å². The average Bonchev–Trinajstić information content (AvgIpc) is 2.95. The highest BCUT2D eigenvalue weighted by molar-refractivity contribution is 7.12. The first kappa shape index (κ1) is 17.6. The quantitative estimate of drug-likeness (QED) is 0.763. The van der Waals surface area contributed by atoms with Crippen molar-refractivity contribution in [2.45, 2.75) is 6.42 Å². The Kier molecular flexibility index (Phi) is 6.05. The van der Waals surface area contributed by atoms with Crippen LogP contribution in [-0.4, -0.2) is 65.9 Å². The Morgan fingerprint density at radius 2 is 1.83 bits per heavy atom. The molecular formula is C17H24ClN5S. The zero-order valence-corrected chi connectivity index (χ0v) is 15.9. The summed E-state index contributed by atoms with van der Waals surface area (Å²) in [5, 5.41) is 6.29. The molecule has 1 aliphatic rings. The van der Waals surface area contributed by atoms with Crippen LogP contribution in [0.2, 0.25) is 5.02 Å². The van der Waals surface area contributed by atoms with Gasteiger partial charge in [-0.1, -0.05) is 35.1 Å². The Bertz CT molecular complexity index is 713. The molecule has 2 aromatic rings. The Morgan fingerprint density at radius 3 is 2.54 bits per heavy atom. The number of piperazine rings is 1. The van der Waals surface area contributed by atoms with Gasteiger partial charge in [-0.15, -0.1) is 0 Å². The SMILES string of the molecule is CN1CCN(CCCN=c2sc(-c3ccc(Cl)cc3)nn2C)CC1. The van der Waals surface area contributed by atoms with Crippen molar-refractivity contribution in [3.63, 3.8) is 0 Å². The van der Waals surface area contributed by atoms with E-state index < -0.39 is 0 Å². The molecule has 0 N–H and O–H groups in total. The van der Waals surface area contributed by atoms with Crippen LogP contribution in [0.25, 0.3) is 10.6 Å². The summed E-state index contributed by atoms with van der Waals surface area (Å²) in [7, 11) is 4.14. The van der Waals surface area contributed by atoms with Gasteiger partial charge in [0.1, 0.15) is 5.01 Å². The first-order valence-electron chi connectivity index (χ1n) is 8.33. The maximum atomic E-state index is 5.94. The van der Waals surface area contributed by atoms with Crippen molar-refractivity contribution >= 4 is 22.9 Å². The number of aromatic nitrogens is 2. The standard InChI is InChI=1S/C17H24ClN5S/c1-21-10-12-23(13-11-21)9-3-8-19-17-22(2)20-16(24-17)14-4-6-15(18)7-5-14/h4-7H,3,8-13H2,1-2H3. The average molecular weight is 366 g/mol. The Labute approximate surface area is 152 Å². The fourth-order valence-corrected chi connectivity index (χ4v) is 3.78. The number of nitrogens with zero attached hydrogens (tertiary/aromatic N) is 5. The largest absolute Gasteiger partial charge is 0.304 e. The highest BCUT2D eigenvalue weighted by atomic mass is 35.5. The summed E-state index contributed by atoms with van der Waals surface area (Å²) in [6.07, 6.45) is 1.10. The van der Waals surface area contributed by atoms with Gasteiger partial charge in [0.2, 0.25) is 4.80 Å². The van der Waals surface area contributed by atoms with Gasteiger partial charge in [-0.2, -0.15) is 5.10 Å². The molecule has 1 aromatic heterocycles. The van der Waals surface area contributed by atoms with Crippen molar-refractivity contribution in [1.29, 1.82) is 0 Å². The number of benzene rings is 1. The van der Waals surface area contributed by atoms with Crippen molar-refractivity contribution in [3.8, 4) is 10.6 Å². The molecule has 0 radical (unpaired) electrons. The molecule has 7 heteroatoms. The van der Waals surface area contributed by atoms with E-state index in [1.165, 1.54) is 26.2 Å². The molecule has 1 fully saturated rings. The van der Waals surface area contributed by atoms with E-state index in [-0.39, 0.29) is 0 Å². The number of halogens is 1. The molecule has 3 rings (SSSR count). The lowest BCUT2D eigenvalue weighted by molar-refractivity contribution is 0.153. The lowest BCUT2D eigenvalue weighted by Crippen LogP contribution is -2.44. The van der Waals surface area contributed by atoms with Gasteiger partial charge >= 0.3 is 0 Å². The van der Waals surface area contributed by atoms with E-state index in [1.807, 2.05) is 36.0 Å². The number of aryl methyl sites for hydroxylation is 1. The second-order valence-electron chi connectivity index (χ2n) is 6.20. The monoisotopic (exact) mass is 365 g/mol. The zero-order valence-electron chi connectivity index (χ0n) is 14.3. The van der Waals surface area contributed by atoms with Gasteiger partial charge in [0, 0.05) is 56.9 Å². The van der Waals surface area contributed by atoms with Gasteiger partial charge in [-0.3, -0.25) is 4.99 Å². The van der Waals surface area contributed by atoms with Crippen molar-refractivity contribution in [2.24, 2.45) is 12.0 Å². The molecule has 1 saturated heterocycles. The molecule has 1 aromatic carbocycles. The van der Waals surface area contributed by atoms with Crippen molar-refractivity contribution < 1.29 is 0 Å². The molecule has 5 nitrogen and oxygen atoms in total. The minimum absolute atomic E-state index is 0.744. The van der Waals surface area contributed by atoms with Crippen LogP contribution >= 0.6 is 22.9 Å². The summed E-state index contributed by atoms with van der Waals surface area (Å²) < 4.78 is 1.87. The summed E-state index contributed by atoms with van der Waals surface area (Å²) in [5.41, 5.74) is 1.08. The second-order valence-corrected chi connectivity index (χ2v) is 7.59. The van der Waals surface area contributed by atoms with Crippen LogP contribution in [0.3, 0.4) is 0 Å². The molecule has 0 amide bonds. The van der Waals surface area contributed by atoms with E-state index >= 15 is 0 Å². The molecule has 0 atom stereocenters. The molecule has 2 heterocycles. The van der Waals surface area contributed by atoms with Gasteiger partial charge in [0.25, 0.3) is 0 Å². The molecule has 24 heavy (non-hydrogen) atoms. The molecule has 0 saturated carbocycles. The summed E-state index contributed by atoms with van der Waals surface area (Å²) in [6.45, 7) is 6.67. The predicted octanol–water partition coefficient (Wildman–Crippen LogP) is 2.34. The van der Waals surface area contributed by atoms with Crippen molar-refractivity contribution in [3.05, 3.63) is 34.1 Å². The topological polar surface area (TPSA) is 36.7 Å². The number of hydrogen-bond acceptors (Lipinski definition) is 5. The predicted molar refractivity (Wildman–Crippen MR) is 101 cm³/mol. The Morgan fingerprint density at radius 1 is 1.12 bits per heavy atom. The van der Waals surface area contributed by atoms with E-state index in [1.54, 1.807) is 11.3 Å². The molecule has 1 aliphatic heterocycles. The van der Waals surface area contributed by atoms with Crippen LogP contribution in [0.5, 0.6) is 0 Å². The molecule has 0 unspecified atom stereocenters. The van der Waals surface area contributed by atoms with Gasteiger partial charge < -0.3 is 9.80 Å². The van der Waals surface area contributed by atoms with Crippen molar-refractivity contribution in [2.75, 3.05) is 46.3 Å². The zero-order chi connectivity index (χ0) is 16.9. The smallest absolute Gasteiger partial charge is 0.203 e. The summed E-state index contributed by atoms with van der Waals surface area (Å²) in [5.74, 6) is 0.